The molecule has 0 saturated carbocycles. The number of para-hydroxylation sites is 1. The molecule has 1 atom stereocenters. The highest BCUT2D eigenvalue weighted by atomic mass is 16.5. The topological polar surface area (TPSA) is 58.2 Å². The zero-order valence-electron chi connectivity index (χ0n) is 14.2. The fraction of sp³-hybridized carbons (Fsp3) is 0.474. The summed E-state index contributed by atoms with van der Waals surface area (Å²) in [6.07, 6.45) is 5.51. The van der Waals surface area contributed by atoms with Gasteiger partial charge >= 0.3 is 0 Å². The zero-order chi connectivity index (χ0) is 16.8. The third kappa shape index (κ3) is 4.37. The molecule has 0 radical (unpaired) electrons. The first-order valence-corrected chi connectivity index (χ1v) is 8.67. The van der Waals surface area contributed by atoms with E-state index in [1.165, 1.54) is 17.7 Å². The van der Waals surface area contributed by atoms with E-state index < -0.39 is 0 Å². The van der Waals surface area contributed by atoms with Crippen LogP contribution in [-0.2, 0) is 11.2 Å². The maximum atomic E-state index is 12.4. The van der Waals surface area contributed by atoms with Gasteiger partial charge in [-0.25, -0.2) is 0 Å². The van der Waals surface area contributed by atoms with Gasteiger partial charge in [0.2, 0.25) is 5.91 Å². The van der Waals surface area contributed by atoms with E-state index in [0.717, 1.165) is 31.7 Å². The summed E-state index contributed by atoms with van der Waals surface area (Å²) in [5, 5.41) is 7.16. The Bertz CT molecular complexity index is 654. The molecule has 1 aliphatic rings. The zero-order valence-corrected chi connectivity index (χ0v) is 14.2. The fourth-order valence-electron chi connectivity index (χ4n) is 3.26. The average molecular weight is 327 g/mol. The van der Waals surface area contributed by atoms with E-state index in [0.29, 0.717) is 18.9 Å². The fourth-order valence-corrected chi connectivity index (χ4v) is 3.26. The van der Waals surface area contributed by atoms with E-state index >= 15 is 0 Å². The number of aryl methyl sites for hydroxylation is 1. The van der Waals surface area contributed by atoms with Crippen LogP contribution in [0.25, 0.3) is 0 Å². The summed E-state index contributed by atoms with van der Waals surface area (Å²) < 4.78 is 5.63. The third-order valence-corrected chi connectivity index (χ3v) is 4.63. The van der Waals surface area contributed by atoms with E-state index in [9.17, 15) is 4.79 Å². The molecule has 1 fully saturated rings. The van der Waals surface area contributed by atoms with Gasteiger partial charge in [0.1, 0.15) is 5.75 Å². The van der Waals surface area contributed by atoms with Crippen LogP contribution in [0.4, 0.5) is 0 Å². The highest BCUT2D eigenvalue weighted by molar-refractivity contribution is 5.76. The van der Waals surface area contributed by atoms with Crippen LogP contribution < -0.4 is 4.74 Å². The number of ether oxygens (including phenoxy) is 1. The molecule has 128 valence electrons. The Kier molecular flexibility index (Phi) is 5.51. The maximum Gasteiger partial charge on any atom is 0.226 e. The van der Waals surface area contributed by atoms with E-state index in [4.69, 9.17) is 4.74 Å². The van der Waals surface area contributed by atoms with Gasteiger partial charge in [0.05, 0.1) is 19.2 Å². The predicted octanol–water partition coefficient (Wildman–Crippen LogP) is 2.97. The summed E-state index contributed by atoms with van der Waals surface area (Å²) in [6.45, 7) is 4.21. The van der Waals surface area contributed by atoms with Gasteiger partial charge in [-0.3, -0.25) is 9.89 Å². The first-order valence-electron chi connectivity index (χ1n) is 8.67. The number of benzene rings is 1. The van der Waals surface area contributed by atoms with Crippen molar-refractivity contribution in [2.45, 2.75) is 32.6 Å². The molecule has 0 spiro atoms. The van der Waals surface area contributed by atoms with Crippen molar-refractivity contribution in [3.05, 3.63) is 47.8 Å². The van der Waals surface area contributed by atoms with E-state index in [1.54, 1.807) is 0 Å². The van der Waals surface area contributed by atoms with Crippen molar-refractivity contribution in [3.8, 4) is 5.75 Å². The van der Waals surface area contributed by atoms with Crippen LogP contribution in [0.1, 0.15) is 30.5 Å². The van der Waals surface area contributed by atoms with Crippen molar-refractivity contribution >= 4 is 5.91 Å². The minimum Gasteiger partial charge on any atom is -0.493 e. The Hall–Kier alpha value is -2.30. The van der Waals surface area contributed by atoms with Gasteiger partial charge in [0.25, 0.3) is 0 Å². The van der Waals surface area contributed by atoms with E-state index in [1.807, 2.05) is 41.4 Å². The number of piperidine rings is 1. The summed E-state index contributed by atoms with van der Waals surface area (Å²) in [7, 11) is 0. The molecular formula is C19H25N3O2. The van der Waals surface area contributed by atoms with Crippen molar-refractivity contribution < 1.29 is 9.53 Å². The highest BCUT2D eigenvalue weighted by Crippen LogP contribution is 2.22. The first-order chi connectivity index (χ1) is 11.7. The summed E-state index contributed by atoms with van der Waals surface area (Å²) in [4.78, 5) is 14.4. The third-order valence-electron chi connectivity index (χ3n) is 4.63. The number of aromatic amines is 1. The van der Waals surface area contributed by atoms with Crippen molar-refractivity contribution in [2.24, 2.45) is 5.92 Å². The Morgan fingerprint density at radius 3 is 2.96 bits per heavy atom. The molecule has 1 N–H and O–H groups in total. The largest absolute Gasteiger partial charge is 0.493 e. The Labute approximate surface area is 143 Å². The number of hydrogen-bond donors (Lipinski definition) is 1. The second kappa shape index (κ2) is 7.99. The monoisotopic (exact) mass is 327 g/mol. The number of H-pyrrole nitrogens is 1. The van der Waals surface area contributed by atoms with Crippen molar-refractivity contribution in [3.63, 3.8) is 0 Å². The van der Waals surface area contributed by atoms with Crippen LogP contribution in [0, 0.1) is 12.8 Å². The van der Waals surface area contributed by atoms with Crippen LogP contribution in [0.15, 0.2) is 36.5 Å². The minimum absolute atomic E-state index is 0.192. The maximum absolute atomic E-state index is 12.4. The lowest BCUT2D eigenvalue weighted by Gasteiger charge is -2.32. The molecule has 0 aliphatic carbocycles. The van der Waals surface area contributed by atoms with Gasteiger partial charge in [-0.15, -0.1) is 0 Å². The number of carbonyl (C=O) groups excluding carboxylic acids is 1. The molecule has 0 unspecified atom stereocenters. The van der Waals surface area contributed by atoms with Crippen LogP contribution in [0.2, 0.25) is 0 Å². The number of carbonyl (C=O) groups is 1. The number of amides is 1. The second-order valence-corrected chi connectivity index (χ2v) is 6.50. The van der Waals surface area contributed by atoms with Gasteiger partial charge in [-0.2, -0.15) is 5.10 Å². The molecule has 5 heteroatoms. The van der Waals surface area contributed by atoms with Gasteiger partial charge in [-0.1, -0.05) is 18.2 Å². The standard InChI is InChI=1S/C19H25N3O2/c1-15-13-20-21-18(15)12-16-6-5-10-22(14-16)19(23)9-11-24-17-7-3-2-4-8-17/h2-4,7-8,13,16H,5-6,9-12,14H2,1H3,(H,20,21)/t16-/m1/s1. The molecule has 2 heterocycles. The van der Waals surface area contributed by atoms with Gasteiger partial charge in [0, 0.05) is 18.8 Å². The average Bonchev–Trinajstić information content (AvgIpc) is 3.01. The van der Waals surface area contributed by atoms with Crippen molar-refractivity contribution in [1.29, 1.82) is 0 Å². The smallest absolute Gasteiger partial charge is 0.226 e. The number of likely N-dealkylation sites (tertiary alicyclic amines) is 1. The molecule has 5 nitrogen and oxygen atoms in total. The summed E-state index contributed by atoms with van der Waals surface area (Å²) in [6, 6.07) is 9.64. The molecule has 1 saturated heterocycles. The molecule has 0 bridgehead atoms. The molecule has 24 heavy (non-hydrogen) atoms. The summed E-state index contributed by atoms with van der Waals surface area (Å²) in [5.41, 5.74) is 2.40. The Morgan fingerprint density at radius 1 is 1.38 bits per heavy atom. The molecule has 1 aliphatic heterocycles. The summed E-state index contributed by atoms with van der Waals surface area (Å²) in [5.74, 6) is 1.52. The van der Waals surface area contributed by atoms with Crippen LogP contribution in [-0.4, -0.2) is 40.7 Å². The Balaban J connectivity index is 1.45. The lowest BCUT2D eigenvalue weighted by molar-refractivity contribution is -0.133. The van der Waals surface area contributed by atoms with Crippen molar-refractivity contribution in [1.82, 2.24) is 15.1 Å². The molecule has 2 aromatic rings. The van der Waals surface area contributed by atoms with E-state index in [2.05, 4.69) is 17.1 Å². The quantitative estimate of drug-likeness (QED) is 0.887. The van der Waals surface area contributed by atoms with E-state index in [-0.39, 0.29) is 5.91 Å². The summed E-state index contributed by atoms with van der Waals surface area (Å²) >= 11 is 0. The highest BCUT2D eigenvalue weighted by Gasteiger charge is 2.24. The van der Waals surface area contributed by atoms with Crippen LogP contribution in [0.5, 0.6) is 5.75 Å². The van der Waals surface area contributed by atoms with Gasteiger partial charge in [0.15, 0.2) is 0 Å². The molecule has 1 aromatic heterocycles. The lowest BCUT2D eigenvalue weighted by atomic mass is 9.92. The normalized spacial score (nSPS) is 17.7. The number of nitrogens with zero attached hydrogens (tertiary/aromatic N) is 2. The van der Waals surface area contributed by atoms with Crippen LogP contribution >= 0.6 is 0 Å². The molecular weight excluding hydrogens is 302 g/mol. The number of nitrogens with one attached hydrogen (secondary N) is 1. The van der Waals surface area contributed by atoms with Crippen molar-refractivity contribution in [2.75, 3.05) is 19.7 Å². The number of rotatable bonds is 6. The minimum atomic E-state index is 0.192. The lowest BCUT2D eigenvalue weighted by Crippen LogP contribution is -2.41. The number of hydrogen-bond acceptors (Lipinski definition) is 3. The molecule has 3 rings (SSSR count). The first kappa shape index (κ1) is 16.6. The number of aromatic nitrogens is 2. The second-order valence-electron chi connectivity index (χ2n) is 6.50. The van der Waals surface area contributed by atoms with Gasteiger partial charge in [-0.05, 0) is 49.8 Å². The Morgan fingerprint density at radius 2 is 2.21 bits per heavy atom. The molecule has 1 aromatic carbocycles. The van der Waals surface area contributed by atoms with Gasteiger partial charge < -0.3 is 9.64 Å². The molecule has 1 amide bonds. The predicted molar refractivity (Wildman–Crippen MR) is 92.9 cm³/mol. The van der Waals surface area contributed by atoms with Crippen LogP contribution in [0.3, 0.4) is 0 Å². The SMILES string of the molecule is Cc1cn[nH]c1C[C@H]1CCCN(C(=O)CCOc2ccccc2)C1.